The van der Waals surface area contributed by atoms with Crippen LogP contribution in [-0.2, 0) is 11.2 Å². The van der Waals surface area contributed by atoms with Gasteiger partial charge in [-0.05, 0) is 39.7 Å². The highest BCUT2D eigenvalue weighted by Crippen LogP contribution is 2.12. The number of carbonyl (C=O) groups is 1. The molecular formula is C13H10BrFN2O. The van der Waals surface area contributed by atoms with Crippen molar-refractivity contribution < 1.29 is 9.18 Å². The van der Waals surface area contributed by atoms with Crippen molar-refractivity contribution in [3.63, 3.8) is 0 Å². The van der Waals surface area contributed by atoms with Crippen LogP contribution in [0.5, 0.6) is 0 Å². The molecule has 0 radical (unpaired) electrons. The van der Waals surface area contributed by atoms with Crippen molar-refractivity contribution in [1.29, 1.82) is 0 Å². The van der Waals surface area contributed by atoms with E-state index in [-0.39, 0.29) is 18.1 Å². The van der Waals surface area contributed by atoms with E-state index < -0.39 is 0 Å². The summed E-state index contributed by atoms with van der Waals surface area (Å²) >= 11 is 3.20. The average molecular weight is 309 g/mol. The van der Waals surface area contributed by atoms with Crippen LogP contribution in [-0.4, -0.2) is 10.9 Å². The molecule has 3 nitrogen and oxygen atoms in total. The van der Waals surface area contributed by atoms with Crippen LogP contribution in [0.3, 0.4) is 0 Å². The molecule has 1 amide bonds. The number of pyridine rings is 1. The van der Waals surface area contributed by atoms with E-state index in [1.807, 2.05) is 0 Å². The molecule has 0 aliphatic rings. The zero-order valence-corrected chi connectivity index (χ0v) is 10.9. The fourth-order valence-corrected chi connectivity index (χ4v) is 1.70. The average Bonchev–Trinajstić information content (AvgIpc) is 2.35. The third-order valence-electron chi connectivity index (χ3n) is 2.32. The predicted octanol–water partition coefficient (Wildman–Crippen LogP) is 3.16. The first-order chi connectivity index (χ1) is 8.65. The van der Waals surface area contributed by atoms with Crippen molar-refractivity contribution in [3.05, 3.63) is 58.6 Å². The van der Waals surface area contributed by atoms with Crippen LogP contribution in [0, 0.1) is 5.82 Å². The molecule has 0 unspecified atom stereocenters. The standard InChI is InChI=1S/C13H10BrFN2O/c14-12-6-5-10(8-16-12)17-13(18)7-9-3-1-2-4-11(9)15/h1-6,8H,7H2,(H,17,18). The molecule has 2 aromatic rings. The van der Waals surface area contributed by atoms with Gasteiger partial charge >= 0.3 is 0 Å². The molecule has 0 saturated carbocycles. The maximum Gasteiger partial charge on any atom is 0.228 e. The van der Waals surface area contributed by atoms with E-state index in [2.05, 4.69) is 26.2 Å². The molecule has 0 fully saturated rings. The van der Waals surface area contributed by atoms with E-state index in [1.54, 1.807) is 30.3 Å². The Labute approximate surface area is 112 Å². The summed E-state index contributed by atoms with van der Waals surface area (Å²) < 4.78 is 14.0. The lowest BCUT2D eigenvalue weighted by Gasteiger charge is -2.05. The molecular weight excluding hydrogens is 299 g/mol. The van der Waals surface area contributed by atoms with E-state index in [0.29, 0.717) is 15.9 Å². The van der Waals surface area contributed by atoms with Gasteiger partial charge in [0.25, 0.3) is 0 Å². The van der Waals surface area contributed by atoms with Crippen LogP contribution < -0.4 is 5.32 Å². The van der Waals surface area contributed by atoms with E-state index in [1.165, 1.54) is 12.3 Å². The van der Waals surface area contributed by atoms with E-state index in [9.17, 15) is 9.18 Å². The molecule has 18 heavy (non-hydrogen) atoms. The maximum atomic E-state index is 13.3. The number of carbonyl (C=O) groups excluding carboxylic acids is 1. The van der Waals surface area contributed by atoms with Crippen LogP contribution in [0.2, 0.25) is 0 Å². The highest BCUT2D eigenvalue weighted by atomic mass is 79.9. The van der Waals surface area contributed by atoms with Crippen molar-refractivity contribution in [2.24, 2.45) is 0 Å². The molecule has 0 aliphatic heterocycles. The second kappa shape index (κ2) is 5.73. The monoisotopic (exact) mass is 308 g/mol. The molecule has 1 aromatic heterocycles. The Balaban J connectivity index is 2.01. The molecule has 2 rings (SSSR count). The van der Waals surface area contributed by atoms with Gasteiger partial charge < -0.3 is 5.32 Å². The summed E-state index contributed by atoms with van der Waals surface area (Å²) in [5.74, 6) is -0.647. The number of aromatic nitrogens is 1. The van der Waals surface area contributed by atoms with Gasteiger partial charge in [-0.25, -0.2) is 9.37 Å². The number of halogens is 2. The first-order valence-corrected chi connectivity index (χ1v) is 6.09. The van der Waals surface area contributed by atoms with Crippen molar-refractivity contribution in [2.75, 3.05) is 5.32 Å². The van der Waals surface area contributed by atoms with E-state index in [4.69, 9.17) is 0 Å². The molecule has 1 N–H and O–H groups in total. The van der Waals surface area contributed by atoms with Crippen LogP contribution in [0.15, 0.2) is 47.2 Å². The van der Waals surface area contributed by atoms with Gasteiger partial charge in [0, 0.05) is 0 Å². The number of benzene rings is 1. The third kappa shape index (κ3) is 3.37. The summed E-state index contributed by atoms with van der Waals surface area (Å²) in [6.07, 6.45) is 1.53. The zero-order chi connectivity index (χ0) is 13.0. The van der Waals surface area contributed by atoms with Gasteiger partial charge in [-0.1, -0.05) is 18.2 Å². The summed E-state index contributed by atoms with van der Waals surface area (Å²) in [5.41, 5.74) is 0.958. The molecule has 92 valence electrons. The molecule has 0 saturated heterocycles. The highest BCUT2D eigenvalue weighted by Gasteiger charge is 2.07. The number of amides is 1. The number of nitrogens with one attached hydrogen (secondary N) is 1. The Morgan fingerprint density at radius 3 is 2.72 bits per heavy atom. The number of nitrogens with zero attached hydrogens (tertiary/aromatic N) is 1. The van der Waals surface area contributed by atoms with E-state index in [0.717, 1.165) is 0 Å². The van der Waals surface area contributed by atoms with Crippen LogP contribution in [0.4, 0.5) is 10.1 Å². The molecule has 0 aliphatic carbocycles. The minimum Gasteiger partial charge on any atom is -0.324 e. The minimum absolute atomic E-state index is 0.00272. The Kier molecular flexibility index (Phi) is 4.04. The number of hydrogen-bond acceptors (Lipinski definition) is 2. The third-order valence-corrected chi connectivity index (χ3v) is 2.79. The molecule has 1 heterocycles. The lowest BCUT2D eigenvalue weighted by Crippen LogP contribution is -2.15. The van der Waals surface area contributed by atoms with Crippen LogP contribution >= 0.6 is 15.9 Å². The highest BCUT2D eigenvalue weighted by molar-refractivity contribution is 9.10. The first kappa shape index (κ1) is 12.7. The topological polar surface area (TPSA) is 42.0 Å². The summed E-state index contributed by atoms with van der Waals surface area (Å²) in [6, 6.07) is 9.66. The zero-order valence-electron chi connectivity index (χ0n) is 9.36. The molecule has 5 heteroatoms. The Bertz CT molecular complexity index is 557. The van der Waals surface area contributed by atoms with Crippen molar-refractivity contribution in [1.82, 2.24) is 4.98 Å². The lowest BCUT2D eigenvalue weighted by molar-refractivity contribution is -0.115. The van der Waals surface area contributed by atoms with Crippen LogP contribution in [0.1, 0.15) is 5.56 Å². The van der Waals surface area contributed by atoms with Crippen molar-refractivity contribution in [2.45, 2.75) is 6.42 Å². The number of rotatable bonds is 3. The van der Waals surface area contributed by atoms with Crippen molar-refractivity contribution >= 4 is 27.5 Å². The summed E-state index contributed by atoms with van der Waals surface area (Å²) in [5, 5.41) is 2.66. The summed E-state index contributed by atoms with van der Waals surface area (Å²) in [7, 11) is 0. The van der Waals surface area contributed by atoms with Gasteiger partial charge in [0.15, 0.2) is 0 Å². The minimum atomic E-state index is -0.374. The Hall–Kier alpha value is -1.75. The van der Waals surface area contributed by atoms with E-state index >= 15 is 0 Å². The molecule has 0 spiro atoms. The SMILES string of the molecule is O=C(Cc1ccccc1F)Nc1ccc(Br)nc1. The summed E-state index contributed by atoms with van der Waals surface area (Å²) in [4.78, 5) is 15.7. The Morgan fingerprint density at radius 1 is 1.28 bits per heavy atom. The normalized spacial score (nSPS) is 10.1. The predicted molar refractivity (Wildman–Crippen MR) is 70.7 cm³/mol. The van der Waals surface area contributed by atoms with Gasteiger partial charge in [0.1, 0.15) is 10.4 Å². The molecule has 1 aromatic carbocycles. The Morgan fingerprint density at radius 2 is 2.06 bits per heavy atom. The van der Waals surface area contributed by atoms with Gasteiger partial charge in [-0.2, -0.15) is 0 Å². The summed E-state index contributed by atoms with van der Waals surface area (Å²) in [6.45, 7) is 0. The molecule has 0 atom stereocenters. The fourth-order valence-electron chi connectivity index (χ4n) is 1.47. The van der Waals surface area contributed by atoms with Gasteiger partial charge in [0.05, 0.1) is 18.3 Å². The second-order valence-corrected chi connectivity index (χ2v) is 4.50. The first-order valence-electron chi connectivity index (χ1n) is 5.30. The van der Waals surface area contributed by atoms with Gasteiger partial charge in [0.2, 0.25) is 5.91 Å². The van der Waals surface area contributed by atoms with Crippen LogP contribution in [0.25, 0.3) is 0 Å². The van der Waals surface area contributed by atoms with Crippen molar-refractivity contribution in [3.8, 4) is 0 Å². The fraction of sp³-hybridized carbons (Fsp3) is 0.0769. The lowest BCUT2D eigenvalue weighted by atomic mass is 10.1. The van der Waals surface area contributed by atoms with Gasteiger partial charge in [-0.15, -0.1) is 0 Å². The number of hydrogen-bond donors (Lipinski definition) is 1. The second-order valence-electron chi connectivity index (χ2n) is 3.69. The smallest absolute Gasteiger partial charge is 0.228 e. The number of anilines is 1. The molecule has 0 bridgehead atoms. The largest absolute Gasteiger partial charge is 0.324 e. The maximum absolute atomic E-state index is 13.3. The quantitative estimate of drug-likeness (QED) is 0.885. The van der Waals surface area contributed by atoms with Gasteiger partial charge in [-0.3, -0.25) is 4.79 Å².